The van der Waals surface area contributed by atoms with E-state index in [1.54, 1.807) is 7.11 Å². The molecule has 1 heterocycles. The normalized spacial score (nSPS) is 16.7. The van der Waals surface area contributed by atoms with Gasteiger partial charge < -0.3 is 10.5 Å². The van der Waals surface area contributed by atoms with Crippen molar-refractivity contribution in [3.05, 3.63) is 35.4 Å². The lowest BCUT2D eigenvalue weighted by Gasteiger charge is -2.31. The molecule has 3 heteroatoms. The SMILES string of the molecule is COCC1CCN(Cc2ccccc2C#CCN)CC1. The Morgan fingerprint density at radius 2 is 2.05 bits per heavy atom. The van der Waals surface area contributed by atoms with E-state index in [0.717, 1.165) is 37.7 Å². The van der Waals surface area contributed by atoms with Crippen LogP contribution in [0.4, 0.5) is 0 Å². The van der Waals surface area contributed by atoms with E-state index in [1.165, 1.54) is 18.4 Å². The number of nitrogens with zero attached hydrogens (tertiary/aromatic N) is 1. The lowest BCUT2D eigenvalue weighted by Crippen LogP contribution is -2.34. The Kier molecular flexibility index (Phi) is 6.07. The monoisotopic (exact) mass is 272 g/mol. The number of methoxy groups -OCH3 is 1. The van der Waals surface area contributed by atoms with Gasteiger partial charge in [-0.3, -0.25) is 4.90 Å². The van der Waals surface area contributed by atoms with Crippen molar-refractivity contribution in [2.75, 3.05) is 33.4 Å². The zero-order valence-corrected chi connectivity index (χ0v) is 12.3. The Hall–Kier alpha value is -1.34. The lowest BCUT2D eigenvalue weighted by molar-refractivity contribution is 0.0968. The van der Waals surface area contributed by atoms with Crippen LogP contribution in [0.2, 0.25) is 0 Å². The van der Waals surface area contributed by atoms with Crippen molar-refractivity contribution in [3.63, 3.8) is 0 Å². The quantitative estimate of drug-likeness (QED) is 0.850. The van der Waals surface area contributed by atoms with Crippen LogP contribution in [-0.2, 0) is 11.3 Å². The van der Waals surface area contributed by atoms with Crippen molar-refractivity contribution in [3.8, 4) is 11.8 Å². The highest BCUT2D eigenvalue weighted by atomic mass is 16.5. The maximum absolute atomic E-state index is 5.46. The van der Waals surface area contributed by atoms with Crippen molar-refractivity contribution in [1.82, 2.24) is 4.90 Å². The molecule has 1 aliphatic rings. The summed E-state index contributed by atoms with van der Waals surface area (Å²) in [4.78, 5) is 2.51. The van der Waals surface area contributed by atoms with Gasteiger partial charge >= 0.3 is 0 Å². The summed E-state index contributed by atoms with van der Waals surface area (Å²) in [5, 5.41) is 0. The average molecular weight is 272 g/mol. The Labute approximate surface area is 122 Å². The standard InChI is InChI=1S/C17H24N2O/c1-20-14-15-8-11-19(12-9-15)13-17-6-3-2-5-16(17)7-4-10-18/h2-3,5-6,15H,8-14,18H2,1H3. The smallest absolute Gasteiger partial charge is 0.0555 e. The Morgan fingerprint density at radius 1 is 1.30 bits per heavy atom. The van der Waals surface area contributed by atoms with Crippen molar-refractivity contribution in [2.24, 2.45) is 11.7 Å². The number of benzene rings is 1. The fourth-order valence-corrected chi connectivity index (χ4v) is 2.71. The summed E-state index contributed by atoms with van der Waals surface area (Å²) < 4.78 is 5.25. The molecule has 0 radical (unpaired) electrons. The van der Waals surface area contributed by atoms with E-state index >= 15 is 0 Å². The Balaban J connectivity index is 1.94. The third-order valence-electron chi connectivity index (χ3n) is 3.85. The van der Waals surface area contributed by atoms with Gasteiger partial charge in [0.25, 0.3) is 0 Å². The van der Waals surface area contributed by atoms with Crippen LogP contribution in [0.15, 0.2) is 24.3 Å². The van der Waals surface area contributed by atoms with Crippen molar-refractivity contribution in [1.29, 1.82) is 0 Å². The third-order valence-corrected chi connectivity index (χ3v) is 3.85. The number of likely N-dealkylation sites (tertiary alicyclic amines) is 1. The minimum Gasteiger partial charge on any atom is -0.384 e. The number of nitrogens with two attached hydrogens (primary N) is 1. The molecule has 0 aliphatic carbocycles. The minimum absolute atomic E-state index is 0.413. The van der Waals surface area contributed by atoms with Crippen LogP contribution in [-0.4, -0.2) is 38.3 Å². The molecule has 0 amide bonds. The molecule has 0 spiro atoms. The molecular weight excluding hydrogens is 248 g/mol. The van der Waals surface area contributed by atoms with Crippen molar-refractivity contribution >= 4 is 0 Å². The number of hydrogen-bond acceptors (Lipinski definition) is 3. The summed E-state index contributed by atoms with van der Waals surface area (Å²) in [6, 6.07) is 8.37. The number of hydrogen-bond donors (Lipinski definition) is 1. The van der Waals surface area contributed by atoms with Crippen molar-refractivity contribution in [2.45, 2.75) is 19.4 Å². The summed E-state index contributed by atoms with van der Waals surface area (Å²) >= 11 is 0. The first-order valence-electron chi connectivity index (χ1n) is 7.31. The molecule has 2 rings (SSSR count). The number of ether oxygens (including phenoxy) is 1. The molecule has 2 N–H and O–H groups in total. The van der Waals surface area contributed by atoms with Gasteiger partial charge in [-0.15, -0.1) is 0 Å². The van der Waals surface area contributed by atoms with Crippen LogP contribution in [0.25, 0.3) is 0 Å². The van der Waals surface area contributed by atoms with E-state index in [9.17, 15) is 0 Å². The molecule has 1 aliphatic heterocycles. The predicted octanol–water partition coefficient (Wildman–Crippen LogP) is 1.86. The maximum atomic E-state index is 5.46. The first kappa shape index (κ1) is 15.1. The molecule has 0 unspecified atom stereocenters. The highest BCUT2D eigenvalue weighted by molar-refractivity contribution is 5.41. The molecule has 1 fully saturated rings. The van der Waals surface area contributed by atoms with Crippen LogP contribution >= 0.6 is 0 Å². The van der Waals surface area contributed by atoms with Gasteiger partial charge in [-0.2, -0.15) is 0 Å². The van der Waals surface area contributed by atoms with E-state index in [0.29, 0.717) is 6.54 Å². The highest BCUT2D eigenvalue weighted by Crippen LogP contribution is 2.20. The topological polar surface area (TPSA) is 38.5 Å². The van der Waals surface area contributed by atoms with Crippen LogP contribution in [0.3, 0.4) is 0 Å². The Bertz CT molecular complexity index is 467. The van der Waals surface area contributed by atoms with E-state index in [4.69, 9.17) is 10.5 Å². The van der Waals surface area contributed by atoms with Crippen LogP contribution in [0.5, 0.6) is 0 Å². The van der Waals surface area contributed by atoms with Crippen LogP contribution in [0, 0.1) is 17.8 Å². The molecule has 108 valence electrons. The molecule has 1 aromatic carbocycles. The summed E-state index contributed by atoms with van der Waals surface area (Å²) in [6.45, 7) is 4.58. The van der Waals surface area contributed by atoms with Gasteiger partial charge in [-0.1, -0.05) is 30.0 Å². The first-order chi connectivity index (χ1) is 9.83. The van der Waals surface area contributed by atoms with E-state index < -0.39 is 0 Å². The van der Waals surface area contributed by atoms with E-state index in [2.05, 4.69) is 34.9 Å². The third kappa shape index (κ3) is 4.35. The van der Waals surface area contributed by atoms with Gasteiger partial charge in [-0.25, -0.2) is 0 Å². The maximum Gasteiger partial charge on any atom is 0.0555 e. The summed E-state index contributed by atoms with van der Waals surface area (Å²) in [5.74, 6) is 6.84. The molecule has 0 aromatic heterocycles. The summed E-state index contributed by atoms with van der Waals surface area (Å²) in [6.07, 6.45) is 2.45. The van der Waals surface area contributed by atoms with Gasteiger partial charge in [0, 0.05) is 25.8 Å². The molecule has 0 bridgehead atoms. The van der Waals surface area contributed by atoms with Crippen LogP contribution in [0.1, 0.15) is 24.0 Å². The average Bonchev–Trinajstić information content (AvgIpc) is 2.49. The molecular formula is C17H24N2O. The molecule has 1 saturated heterocycles. The summed E-state index contributed by atoms with van der Waals surface area (Å²) in [5.41, 5.74) is 7.87. The van der Waals surface area contributed by atoms with Gasteiger partial charge in [0.2, 0.25) is 0 Å². The molecule has 3 nitrogen and oxygen atoms in total. The fraction of sp³-hybridized carbons (Fsp3) is 0.529. The lowest BCUT2D eigenvalue weighted by atomic mass is 9.97. The van der Waals surface area contributed by atoms with Gasteiger partial charge in [0.15, 0.2) is 0 Å². The number of rotatable bonds is 4. The van der Waals surface area contributed by atoms with Crippen molar-refractivity contribution < 1.29 is 4.74 Å². The highest BCUT2D eigenvalue weighted by Gasteiger charge is 2.19. The first-order valence-corrected chi connectivity index (χ1v) is 7.31. The van der Waals surface area contributed by atoms with Gasteiger partial charge in [0.1, 0.15) is 0 Å². The molecule has 20 heavy (non-hydrogen) atoms. The second-order valence-corrected chi connectivity index (χ2v) is 5.34. The minimum atomic E-state index is 0.413. The Morgan fingerprint density at radius 3 is 2.75 bits per heavy atom. The second-order valence-electron chi connectivity index (χ2n) is 5.34. The van der Waals surface area contributed by atoms with Crippen LogP contribution < -0.4 is 5.73 Å². The fourth-order valence-electron chi connectivity index (χ4n) is 2.71. The molecule has 1 aromatic rings. The predicted molar refractivity (Wildman–Crippen MR) is 82.3 cm³/mol. The number of piperidine rings is 1. The summed E-state index contributed by atoms with van der Waals surface area (Å²) in [7, 11) is 1.79. The van der Waals surface area contributed by atoms with Gasteiger partial charge in [0.05, 0.1) is 6.54 Å². The van der Waals surface area contributed by atoms with Gasteiger partial charge in [-0.05, 0) is 43.5 Å². The molecule has 0 atom stereocenters. The zero-order chi connectivity index (χ0) is 14.2. The second kappa shape index (κ2) is 8.06. The van der Waals surface area contributed by atoms with E-state index in [-0.39, 0.29) is 0 Å². The zero-order valence-electron chi connectivity index (χ0n) is 12.3. The molecule has 0 saturated carbocycles. The largest absolute Gasteiger partial charge is 0.384 e. The van der Waals surface area contributed by atoms with E-state index in [1.807, 2.05) is 6.07 Å².